The maximum Gasteiger partial charge on any atom is 0.303 e. The predicted octanol–water partition coefficient (Wildman–Crippen LogP) is 4.10. The van der Waals surface area contributed by atoms with Crippen molar-refractivity contribution in [3.63, 3.8) is 0 Å². The molecule has 0 bridgehead atoms. The molecule has 0 aromatic heterocycles. The molecular weight excluding hydrogens is 252 g/mol. The van der Waals surface area contributed by atoms with Gasteiger partial charge in [0, 0.05) is 6.42 Å². The standard InChI is InChI=1S/C17H26O3/c1-2-3-4-5-7-14-10-12-15(13-11-14)16(18)8-6-9-17(19)20/h10-13,16,18H,2-9H2,1H3,(H,19,20). The lowest BCUT2D eigenvalue weighted by molar-refractivity contribution is -0.137. The van der Waals surface area contributed by atoms with Crippen LogP contribution < -0.4 is 0 Å². The van der Waals surface area contributed by atoms with E-state index < -0.39 is 12.1 Å². The van der Waals surface area contributed by atoms with Gasteiger partial charge in [-0.25, -0.2) is 0 Å². The quantitative estimate of drug-likeness (QED) is 0.633. The summed E-state index contributed by atoms with van der Waals surface area (Å²) in [6, 6.07) is 8.06. The predicted molar refractivity (Wildman–Crippen MR) is 80.7 cm³/mol. The highest BCUT2D eigenvalue weighted by atomic mass is 16.4. The third-order valence-electron chi connectivity index (χ3n) is 3.55. The molecule has 0 aliphatic heterocycles. The van der Waals surface area contributed by atoms with Gasteiger partial charge in [0.2, 0.25) is 0 Å². The number of benzene rings is 1. The van der Waals surface area contributed by atoms with Gasteiger partial charge in [0.15, 0.2) is 0 Å². The molecule has 0 spiro atoms. The van der Waals surface area contributed by atoms with E-state index >= 15 is 0 Å². The van der Waals surface area contributed by atoms with Crippen molar-refractivity contribution in [3.05, 3.63) is 35.4 Å². The number of carbonyl (C=O) groups is 1. The minimum atomic E-state index is -0.806. The van der Waals surface area contributed by atoms with Gasteiger partial charge < -0.3 is 10.2 Å². The number of carboxylic acid groups (broad SMARTS) is 1. The second-order valence-electron chi connectivity index (χ2n) is 5.35. The van der Waals surface area contributed by atoms with Crippen molar-refractivity contribution >= 4 is 5.97 Å². The van der Waals surface area contributed by atoms with Gasteiger partial charge in [-0.2, -0.15) is 0 Å². The van der Waals surface area contributed by atoms with Crippen LogP contribution >= 0.6 is 0 Å². The molecule has 1 aromatic rings. The Morgan fingerprint density at radius 3 is 2.40 bits per heavy atom. The van der Waals surface area contributed by atoms with Crippen molar-refractivity contribution in [1.29, 1.82) is 0 Å². The number of hydrogen-bond donors (Lipinski definition) is 2. The number of aliphatic carboxylic acids is 1. The fourth-order valence-corrected chi connectivity index (χ4v) is 2.28. The zero-order valence-electron chi connectivity index (χ0n) is 12.3. The lowest BCUT2D eigenvalue weighted by Gasteiger charge is -2.11. The number of aliphatic hydroxyl groups excluding tert-OH is 1. The fraction of sp³-hybridized carbons (Fsp3) is 0.588. The zero-order chi connectivity index (χ0) is 14.8. The van der Waals surface area contributed by atoms with Crippen LogP contribution in [0.3, 0.4) is 0 Å². The summed E-state index contributed by atoms with van der Waals surface area (Å²) in [7, 11) is 0. The fourth-order valence-electron chi connectivity index (χ4n) is 2.28. The van der Waals surface area contributed by atoms with E-state index in [1.807, 2.05) is 12.1 Å². The first-order valence-electron chi connectivity index (χ1n) is 7.62. The molecule has 0 radical (unpaired) electrons. The van der Waals surface area contributed by atoms with E-state index in [9.17, 15) is 9.90 Å². The molecule has 0 aliphatic rings. The Morgan fingerprint density at radius 1 is 1.10 bits per heavy atom. The van der Waals surface area contributed by atoms with Gasteiger partial charge in [0.1, 0.15) is 0 Å². The molecule has 1 unspecified atom stereocenters. The van der Waals surface area contributed by atoms with Crippen LogP contribution in [0.15, 0.2) is 24.3 Å². The van der Waals surface area contributed by atoms with E-state index in [4.69, 9.17) is 5.11 Å². The maximum atomic E-state index is 10.4. The summed E-state index contributed by atoms with van der Waals surface area (Å²) in [6.45, 7) is 2.21. The molecule has 0 saturated carbocycles. The van der Waals surface area contributed by atoms with E-state index in [0.29, 0.717) is 12.8 Å². The summed E-state index contributed by atoms with van der Waals surface area (Å²) in [4.78, 5) is 10.4. The molecule has 2 N–H and O–H groups in total. The Balaban J connectivity index is 2.35. The van der Waals surface area contributed by atoms with Crippen LogP contribution in [0.1, 0.15) is 69.1 Å². The molecule has 0 aliphatic carbocycles. The van der Waals surface area contributed by atoms with Gasteiger partial charge in [-0.1, -0.05) is 50.5 Å². The van der Waals surface area contributed by atoms with Gasteiger partial charge in [0.05, 0.1) is 6.10 Å². The van der Waals surface area contributed by atoms with Crippen molar-refractivity contribution in [3.8, 4) is 0 Å². The number of unbranched alkanes of at least 4 members (excludes halogenated alkanes) is 3. The zero-order valence-corrected chi connectivity index (χ0v) is 12.3. The van der Waals surface area contributed by atoms with Crippen LogP contribution in [0.2, 0.25) is 0 Å². The largest absolute Gasteiger partial charge is 0.481 e. The smallest absolute Gasteiger partial charge is 0.303 e. The Kier molecular flexibility index (Phi) is 7.97. The third-order valence-corrected chi connectivity index (χ3v) is 3.55. The average Bonchev–Trinajstić information content (AvgIpc) is 2.44. The number of aryl methyl sites for hydroxylation is 1. The minimum Gasteiger partial charge on any atom is -0.481 e. The Morgan fingerprint density at radius 2 is 1.80 bits per heavy atom. The first kappa shape index (κ1) is 16.7. The molecule has 20 heavy (non-hydrogen) atoms. The number of hydrogen-bond acceptors (Lipinski definition) is 2. The monoisotopic (exact) mass is 278 g/mol. The minimum absolute atomic E-state index is 0.118. The summed E-state index contributed by atoms with van der Waals surface area (Å²) >= 11 is 0. The molecule has 1 rings (SSSR count). The van der Waals surface area contributed by atoms with Gasteiger partial charge in [-0.05, 0) is 36.8 Å². The summed E-state index contributed by atoms with van der Waals surface area (Å²) in [6.07, 6.45) is 6.70. The van der Waals surface area contributed by atoms with Gasteiger partial charge >= 0.3 is 5.97 Å². The van der Waals surface area contributed by atoms with Crippen molar-refractivity contribution in [2.24, 2.45) is 0 Å². The molecule has 3 heteroatoms. The summed E-state index contributed by atoms with van der Waals surface area (Å²) in [5, 5.41) is 18.5. The summed E-state index contributed by atoms with van der Waals surface area (Å²) in [5.74, 6) is -0.806. The topological polar surface area (TPSA) is 57.5 Å². The SMILES string of the molecule is CCCCCCc1ccc(C(O)CCCC(=O)O)cc1. The molecule has 0 amide bonds. The molecule has 1 atom stereocenters. The molecule has 0 fully saturated rings. The van der Waals surface area contributed by atoms with Crippen LogP contribution in [0, 0.1) is 0 Å². The van der Waals surface area contributed by atoms with E-state index in [1.165, 1.54) is 31.2 Å². The Hall–Kier alpha value is -1.35. The van der Waals surface area contributed by atoms with Crippen molar-refractivity contribution in [1.82, 2.24) is 0 Å². The average molecular weight is 278 g/mol. The van der Waals surface area contributed by atoms with Crippen molar-refractivity contribution in [2.75, 3.05) is 0 Å². The summed E-state index contributed by atoms with van der Waals surface area (Å²) < 4.78 is 0. The van der Waals surface area contributed by atoms with E-state index in [-0.39, 0.29) is 6.42 Å². The Bertz CT molecular complexity index is 384. The lowest BCUT2D eigenvalue weighted by atomic mass is 10.00. The maximum absolute atomic E-state index is 10.4. The highest BCUT2D eigenvalue weighted by Gasteiger charge is 2.08. The number of aliphatic hydroxyl groups is 1. The Labute approximate surface area is 121 Å². The van der Waals surface area contributed by atoms with E-state index in [1.54, 1.807) is 0 Å². The van der Waals surface area contributed by atoms with Crippen LogP contribution in [0.5, 0.6) is 0 Å². The number of rotatable bonds is 10. The molecular formula is C17H26O3. The van der Waals surface area contributed by atoms with E-state index in [2.05, 4.69) is 19.1 Å². The van der Waals surface area contributed by atoms with Crippen molar-refractivity contribution < 1.29 is 15.0 Å². The van der Waals surface area contributed by atoms with Gasteiger partial charge in [0.25, 0.3) is 0 Å². The second-order valence-corrected chi connectivity index (χ2v) is 5.35. The third kappa shape index (κ3) is 6.71. The van der Waals surface area contributed by atoms with Crippen LogP contribution in [0.4, 0.5) is 0 Å². The molecule has 1 aromatic carbocycles. The highest BCUT2D eigenvalue weighted by Crippen LogP contribution is 2.20. The normalized spacial score (nSPS) is 12.3. The lowest BCUT2D eigenvalue weighted by Crippen LogP contribution is -2.00. The van der Waals surface area contributed by atoms with Crippen LogP contribution in [-0.4, -0.2) is 16.2 Å². The molecule has 0 heterocycles. The first-order valence-corrected chi connectivity index (χ1v) is 7.62. The van der Waals surface area contributed by atoms with Crippen LogP contribution in [0.25, 0.3) is 0 Å². The molecule has 0 saturated heterocycles. The number of carboxylic acids is 1. The molecule has 112 valence electrons. The highest BCUT2D eigenvalue weighted by molar-refractivity contribution is 5.66. The summed E-state index contributed by atoms with van der Waals surface area (Å²) in [5.41, 5.74) is 2.19. The van der Waals surface area contributed by atoms with Gasteiger partial charge in [-0.15, -0.1) is 0 Å². The van der Waals surface area contributed by atoms with E-state index in [0.717, 1.165) is 12.0 Å². The first-order chi connectivity index (χ1) is 9.63. The molecule has 3 nitrogen and oxygen atoms in total. The van der Waals surface area contributed by atoms with Gasteiger partial charge in [-0.3, -0.25) is 4.79 Å². The second kappa shape index (κ2) is 9.54. The van der Waals surface area contributed by atoms with Crippen LogP contribution in [-0.2, 0) is 11.2 Å². The van der Waals surface area contributed by atoms with Crippen molar-refractivity contribution in [2.45, 2.75) is 64.4 Å².